The van der Waals surface area contributed by atoms with Crippen LogP contribution in [0, 0.1) is 6.92 Å². The van der Waals surface area contributed by atoms with E-state index in [1.165, 1.54) is 0 Å². The lowest BCUT2D eigenvalue weighted by atomic mass is 10.2. The molecule has 0 aromatic carbocycles. The molecule has 2 N–H and O–H groups in total. The lowest BCUT2D eigenvalue weighted by Crippen LogP contribution is -2.26. The van der Waals surface area contributed by atoms with Crippen molar-refractivity contribution in [1.82, 2.24) is 9.97 Å². The van der Waals surface area contributed by atoms with Gasteiger partial charge in [0, 0.05) is 25.4 Å². The van der Waals surface area contributed by atoms with E-state index in [-0.39, 0.29) is 0 Å². The maximum absolute atomic E-state index is 5.22. The monoisotopic (exact) mass is 252 g/mol. The molecule has 0 bridgehead atoms. The van der Waals surface area contributed by atoms with Crippen molar-refractivity contribution in [3.63, 3.8) is 0 Å². The maximum atomic E-state index is 5.22. The van der Waals surface area contributed by atoms with Crippen LogP contribution in [-0.4, -0.2) is 36.3 Å². The Morgan fingerprint density at radius 2 is 2.17 bits per heavy atom. The van der Waals surface area contributed by atoms with Gasteiger partial charge in [0.05, 0.1) is 12.6 Å². The van der Waals surface area contributed by atoms with Gasteiger partial charge in [-0.25, -0.2) is 4.98 Å². The summed E-state index contributed by atoms with van der Waals surface area (Å²) in [6.07, 6.45) is 4.02. The van der Waals surface area contributed by atoms with Crippen molar-refractivity contribution in [1.29, 1.82) is 0 Å². The van der Waals surface area contributed by atoms with Gasteiger partial charge in [-0.05, 0) is 20.3 Å². The summed E-state index contributed by atoms with van der Waals surface area (Å²) in [5, 5.41) is 6.55. The third kappa shape index (κ3) is 4.49. The molecule has 0 radical (unpaired) electrons. The van der Waals surface area contributed by atoms with Crippen LogP contribution in [0.15, 0.2) is 6.20 Å². The second kappa shape index (κ2) is 7.87. The van der Waals surface area contributed by atoms with Crippen LogP contribution in [0.3, 0.4) is 0 Å². The molecule has 1 aromatic rings. The average molecular weight is 252 g/mol. The number of rotatable bonds is 8. The van der Waals surface area contributed by atoms with Crippen molar-refractivity contribution >= 4 is 11.8 Å². The number of nitrogens with zero attached hydrogens (tertiary/aromatic N) is 2. The molecule has 0 amide bonds. The van der Waals surface area contributed by atoms with Gasteiger partial charge in [0.1, 0.15) is 5.82 Å². The summed E-state index contributed by atoms with van der Waals surface area (Å²) in [6.45, 7) is 7.71. The molecule has 1 unspecified atom stereocenters. The number of anilines is 2. The first-order valence-electron chi connectivity index (χ1n) is 6.54. The average Bonchev–Trinajstić information content (AvgIpc) is 2.34. The van der Waals surface area contributed by atoms with E-state index in [9.17, 15) is 0 Å². The molecule has 18 heavy (non-hydrogen) atoms. The molecule has 0 saturated heterocycles. The Labute approximate surface area is 109 Å². The summed E-state index contributed by atoms with van der Waals surface area (Å²) in [4.78, 5) is 8.71. The van der Waals surface area contributed by atoms with Gasteiger partial charge in [0.2, 0.25) is 5.95 Å². The fourth-order valence-corrected chi connectivity index (χ4v) is 1.77. The minimum absolute atomic E-state index is 0.295. The molecular formula is C13H24N4O. The van der Waals surface area contributed by atoms with E-state index >= 15 is 0 Å². The van der Waals surface area contributed by atoms with Crippen LogP contribution in [0.25, 0.3) is 0 Å². The van der Waals surface area contributed by atoms with Gasteiger partial charge in [-0.15, -0.1) is 0 Å². The van der Waals surface area contributed by atoms with Gasteiger partial charge in [-0.1, -0.05) is 13.3 Å². The van der Waals surface area contributed by atoms with Gasteiger partial charge in [-0.3, -0.25) is 0 Å². The predicted molar refractivity (Wildman–Crippen MR) is 75.1 cm³/mol. The molecular weight excluding hydrogens is 228 g/mol. The number of nitrogens with one attached hydrogen (secondary N) is 2. The van der Waals surface area contributed by atoms with Crippen molar-refractivity contribution in [3.05, 3.63) is 11.8 Å². The number of aromatic nitrogens is 2. The minimum atomic E-state index is 0.295. The third-order valence-corrected chi connectivity index (χ3v) is 2.65. The Kier molecular flexibility index (Phi) is 6.43. The fourth-order valence-electron chi connectivity index (χ4n) is 1.77. The molecule has 1 aromatic heterocycles. The number of hydrogen-bond acceptors (Lipinski definition) is 5. The summed E-state index contributed by atoms with van der Waals surface area (Å²) >= 11 is 0. The highest BCUT2D eigenvalue weighted by Crippen LogP contribution is 2.15. The lowest BCUT2D eigenvalue weighted by Gasteiger charge is -2.19. The van der Waals surface area contributed by atoms with Gasteiger partial charge in [-0.2, -0.15) is 4.98 Å². The Balaban J connectivity index is 2.76. The van der Waals surface area contributed by atoms with Gasteiger partial charge >= 0.3 is 0 Å². The molecule has 102 valence electrons. The fraction of sp³-hybridized carbons (Fsp3) is 0.692. The predicted octanol–water partition coefficient (Wildman–Crippen LogP) is 2.44. The summed E-state index contributed by atoms with van der Waals surface area (Å²) in [5.41, 5.74) is 1.05. The quantitative estimate of drug-likeness (QED) is 0.744. The van der Waals surface area contributed by atoms with E-state index < -0.39 is 0 Å². The summed E-state index contributed by atoms with van der Waals surface area (Å²) in [6, 6.07) is 0.295. The maximum Gasteiger partial charge on any atom is 0.224 e. The molecule has 0 aliphatic heterocycles. The second-order valence-corrected chi connectivity index (χ2v) is 4.34. The molecule has 1 heterocycles. The standard InChI is InChI=1S/C13H24N4O/c1-5-7-11(9-18-4)16-12-10(3)8-15-13(17-12)14-6-2/h8,11H,5-7,9H2,1-4H3,(H2,14,15,16,17). The topological polar surface area (TPSA) is 59.1 Å². The molecule has 5 heteroatoms. The highest BCUT2D eigenvalue weighted by atomic mass is 16.5. The van der Waals surface area contributed by atoms with Crippen LogP contribution in [0.5, 0.6) is 0 Å². The highest BCUT2D eigenvalue weighted by molar-refractivity contribution is 5.47. The van der Waals surface area contributed by atoms with Crippen molar-refractivity contribution in [2.75, 3.05) is 30.9 Å². The lowest BCUT2D eigenvalue weighted by molar-refractivity contribution is 0.182. The SMILES string of the molecule is CCCC(COC)Nc1nc(NCC)ncc1C. The number of ether oxygens (including phenoxy) is 1. The van der Waals surface area contributed by atoms with Crippen LogP contribution in [0.2, 0.25) is 0 Å². The van der Waals surface area contributed by atoms with Gasteiger partial charge in [0.15, 0.2) is 0 Å². The first-order chi connectivity index (χ1) is 8.71. The normalized spacial score (nSPS) is 12.2. The summed E-state index contributed by atoms with van der Waals surface area (Å²) < 4.78 is 5.22. The third-order valence-electron chi connectivity index (χ3n) is 2.65. The molecule has 5 nitrogen and oxygen atoms in total. The molecule has 0 aliphatic carbocycles. The molecule has 0 fully saturated rings. The van der Waals surface area contributed by atoms with Crippen molar-refractivity contribution in [2.24, 2.45) is 0 Å². The Morgan fingerprint density at radius 3 is 2.78 bits per heavy atom. The molecule has 0 aliphatic rings. The van der Waals surface area contributed by atoms with Crippen LogP contribution in [-0.2, 0) is 4.74 Å². The summed E-state index contributed by atoms with van der Waals surface area (Å²) in [5.74, 6) is 1.55. The number of hydrogen-bond donors (Lipinski definition) is 2. The number of aryl methyl sites for hydroxylation is 1. The highest BCUT2D eigenvalue weighted by Gasteiger charge is 2.10. The van der Waals surface area contributed by atoms with Gasteiger partial charge in [0.25, 0.3) is 0 Å². The molecule has 1 atom stereocenters. The zero-order chi connectivity index (χ0) is 13.4. The zero-order valence-corrected chi connectivity index (χ0v) is 11.8. The Bertz CT molecular complexity index is 351. The smallest absolute Gasteiger partial charge is 0.224 e. The first kappa shape index (κ1) is 14.7. The van der Waals surface area contributed by atoms with Crippen molar-refractivity contribution < 1.29 is 4.74 Å². The van der Waals surface area contributed by atoms with Crippen LogP contribution in [0.4, 0.5) is 11.8 Å². The second-order valence-electron chi connectivity index (χ2n) is 4.34. The molecule has 1 rings (SSSR count). The van der Waals surface area contributed by atoms with E-state index in [0.717, 1.165) is 30.8 Å². The zero-order valence-electron chi connectivity index (χ0n) is 11.8. The van der Waals surface area contributed by atoms with Crippen molar-refractivity contribution in [3.8, 4) is 0 Å². The van der Waals surface area contributed by atoms with Crippen LogP contribution in [0.1, 0.15) is 32.3 Å². The van der Waals surface area contributed by atoms with E-state index in [0.29, 0.717) is 18.6 Å². The first-order valence-corrected chi connectivity index (χ1v) is 6.54. The Morgan fingerprint density at radius 1 is 1.39 bits per heavy atom. The van der Waals surface area contributed by atoms with Gasteiger partial charge < -0.3 is 15.4 Å². The van der Waals surface area contributed by atoms with E-state index in [1.54, 1.807) is 7.11 Å². The minimum Gasteiger partial charge on any atom is -0.383 e. The van der Waals surface area contributed by atoms with Crippen LogP contribution >= 0.6 is 0 Å². The van der Waals surface area contributed by atoms with Crippen LogP contribution < -0.4 is 10.6 Å². The number of methoxy groups -OCH3 is 1. The molecule has 0 saturated carbocycles. The molecule has 0 spiro atoms. The Hall–Kier alpha value is -1.36. The van der Waals surface area contributed by atoms with E-state index in [1.807, 2.05) is 20.0 Å². The largest absolute Gasteiger partial charge is 0.383 e. The van der Waals surface area contributed by atoms with E-state index in [2.05, 4.69) is 27.5 Å². The summed E-state index contributed by atoms with van der Waals surface area (Å²) in [7, 11) is 1.72. The van der Waals surface area contributed by atoms with Crippen molar-refractivity contribution in [2.45, 2.75) is 39.7 Å². The van der Waals surface area contributed by atoms with E-state index in [4.69, 9.17) is 4.74 Å².